The van der Waals surface area contributed by atoms with Gasteiger partial charge >= 0.3 is 0 Å². The van der Waals surface area contributed by atoms with Gasteiger partial charge in [-0.2, -0.15) is 0 Å². The Balaban J connectivity index is 1.15. The number of benzene rings is 3. The van der Waals surface area contributed by atoms with Crippen LogP contribution in [0.5, 0.6) is 0 Å². The van der Waals surface area contributed by atoms with Crippen LogP contribution in [0.1, 0.15) is 59.6 Å². The summed E-state index contributed by atoms with van der Waals surface area (Å²) in [6.07, 6.45) is 5.15. The highest BCUT2D eigenvalue weighted by Crippen LogP contribution is 2.27. The molecule has 0 unspecified atom stereocenters. The number of carbonyl (C=O) groups is 2. The Morgan fingerprint density at radius 3 is 2.28 bits per heavy atom. The van der Waals surface area contributed by atoms with E-state index in [0.717, 1.165) is 38.0 Å². The fourth-order valence-electron chi connectivity index (χ4n) is 6.56. The van der Waals surface area contributed by atoms with Crippen LogP contribution >= 0.6 is 11.6 Å². The minimum absolute atomic E-state index is 0.0624. The Hall–Kier alpha value is -3.98. The minimum atomic E-state index is -0.331. The number of hydrogen-bond acceptors (Lipinski definition) is 6. The molecule has 2 amide bonds. The Kier molecular flexibility index (Phi) is 10.8. The third-order valence-electron chi connectivity index (χ3n) is 9.16. The SMILES string of the molecule is O=C(NC[C@@H]1CCN(CC(c2ccccc2)c2ccccc2)C(=O)[C@H](CCN2CCCCC2)N1)c1cc(-c2ccc(Cl)cc2)on1. The molecule has 240 valence electrons. The van der Waals surface area contributed by atoms with E-state index in [1.165, 1.54) is 30.4 Å². The van der Waals surface area contributed by atoms with Gasteiger partial charge in [-0.25, -0.2) is 0 Å². The summed E-state index contributed by atoms with van der Waals surface area (Å²) in [4.78, 5) is 31.8. The van der Waals surface area contributed by atoms with Gasteiger partial charge in [-0.05, 0) is 74.2 Å². The van der Waals surface area contributed by atoms with Gasteiger partial charge in [0.05, 0.1) is 6.04 Å². The maximum Gasteiger partial charge on any atom is 0.273 e. The first kappa shape index (κ1) is 32.0. The standard InChI is InChI=1S/C37H42ClN5O3/c38-30-16-14-29(15-17-30)35-24-34(41-46-35)36(44)39-25-31-18-23-43(37(45)33(40-31)19-22-42-20-8-3-9-21-42)26-32(27-10-4-1-5-11-27)28-12-6-2-7-13-28/h1-2,4-7,10-17,24,31-33,40H,3,8-9,18-23,25-26H2,(H,39,44)/t31-,33-/m0/s1. The van der Waals surface area contributed by atoms with Crippen LogP contribution in [0, 0.1) is 0 Å². The molecule has 0 radical (unpaired) electrons. The Morgan fingerprint density at radius 1 is 0.935 bits per heavy atom. The topological polar surface area (TPSA) is 90.7 Å². The van der Waals surface area contributed by atoms with Crippen molar-refractivity contribution in [2.45, 2.75) is 50.1 Å². The van der Waals surface area contributed by atoms with Gasteiger partial charge in [-0.3, -0.25) is 9.59 Å². The zero-order chi connectivity index (χ0) is 31.7. The first-order chi connectivity index (χ1) is 22.5. The number of rotatable bonds is 11. The van der Waals surface area contributed by atoms with Gasteiger partial charge in [0.1, 0.15) is 0 Å². The number of carbonyl (C=O) groups excluding carboxylic acids is 2. The van der Waals surface area contributed by atoms with Crippen molar-refractivity contribution in [3.63, 3.8) is 0 Å². The molecule has 4 aromatic rings. The van der Waals surface area contributed by atoms with Gasteiger partial charge in [0, 0.05) is 54.8 Å². The Morgan fingerprint density at radius 2 is 1.61 bits per heavy atom. The molecule has 8 nitrogen and oxygen atoms in total. The molecular weight excluding hydrogens is 598 g/mol. The lowest BCUT2D eigenvalue weighted by Crippen LogP contribution is -2.50. The molecule has 3 heterocycles. The van der Waals surface area contributed by atoms with Crippen LogP contribution in [0.4, 0.5) is 0 Å². The predicted molar refractivity (Wildman–Crippen MR) is 181 cm³/mol. The van der Waals surface area contributed by atoms with Crippen LogP contribution in [0.2, 0.25) is 5.02 Å². The van der Waals surface area contributed by atoms with E-state index < -0.39 is 0 Å². The molecular formula is C37H42ClN5O3. The van der Waals surface area contributed by atoms with E-state index in [-0.39, 0.29) is 35.5 Å². The lowest BCUT2D eigenvalue weighted by Gasteiger charge is -2.31. The van der Waals surface area contributed by atoms with E-state index in [0.29, 0.717) is 30.4 Å². The first-order valence-electron chi connectivity index (χ1n) is 16.4. The Bertz CT molecular complexity index is 1520. The molecule has 46 heavy (non-hydrogen) atoms. The smallest absolute Gasteiger partial charge is 0.273 e. The van der Waals surface area contributed by atoms with Crippen LogP contribution in [0.15, 0.2) is 95.5 Å². The van der Waals surface area contributed by atoms with Crippen molar-refractivity contribution in [2.75, 3.05) is 39.3 Å². The fraction of sp³-hybridized carbons (Fsp3) is 0.378. The first-order valence-corrected chi connectivity index (χ1v) is 16.8. The summed E-state index contributed by atoms with van der Waals surface area (Å²) < 4.78 is 5.44. The van der Waals surface area contributed by atoms with Crippen LogP contribution in [0.25, 0.3) is 11.3 Å². The number of piperidine rings is 1. The van der Waals surface area contributed by atoms with Crippen molar-refractivity contribution in [3.8, 4) is 11.3 Å². The quantitative estimate of drug-likeness (QED) is 0.210. The van der Waals surface area contributed by atoms with Gasteiger partial charge in [0.2, 0.25) is 5.91 Å². The van der Waals surface area contributed by atoms with E-state index in [4.69, 9.17) is 16.1 Å². The van der Waals surface area contributed by atoms with Crippen LogP contribution in [-0.2, 0) is 4.79 Å². The summed E-state index contributed by atoms with van der Waals surface area (Å²) in [6.45, 7) is 4.63. The number of amides is 2. The van der Waals surface area contributed by atoms with Crippen molar-refractivity contribution < 1.29 is 14.1 Å². The second kappa shape index (κ2) is 15.5. The lowest BCUT2D eigenvalue weighted by atomic mass is 9.90. The number of nitrogens with one attached hydrogen (secondary N) is 2. The molecule has 2 aliphatic rings. The summed E-state index contributed by atoms with van der Waals surface area (Å²) in [5, 5.41) is 11.3. The van der Waals surface area contributed by atoms with Crippen molar-refractivity contribution in [3.05, 3.63) is 113 Å². The molecule has 2 aliphatic heterocycles. The highest BCUT2D eigenvalue weighted by molar-refractivity contribution is 6.30. The van der Waals surface area contributed by atoms with Crippen LogP contribution in [0.3, 0.4) is 0 Å². The van der Waals surface area contributed by atoms with E-state index in [1.807, 2.05) is 29.2 Å². The molecule has 0 spiro atoms. The largest absolute Gasteiger partial charge is 0.355 e. The van der Waals surface area contributed by atoms with Crippen molar-refractivity contribution in [1.82, 2.24) is 25.6 Å². The molecule has 0 bridgehead atoms. The minimum Gasteiger partial charge on any atom is -0.355 e. The highest BCUT2D eigenvalue weighted by atomic mass is 35.5. The fourth-order valence-corrected chi connectivity index (χ4v) is 6.68. The van der Waals surface area contributed by atoms with Gasteiger partial charge in [-0.1, -0.05) is 83.8 Å². The van der Waals surface area contributed by atoms with Crippen molar-refractivity contribution in [2.24, 2.45) is 0 Å². The molecule has 9 heteroatoms. The van der Waals surface area contributed by atoms with E-state index in [9.17, 15) is 9.59 Å². The average molecular weight is 640 g/mol. The third kappa shape index (κ3) is 8.23. The maximum atomic E-state index is 14.2. The zero-order valence-corrected chi connectivity index (χ0v) is 26.9. The molecule has 0 saturated carbocycles. The molecule has 6 rings (SSSR count). The van der Waals surface area contributed by atoms with Gasteiger partial charge in [0.25, 0.3) is 5.91 Å². The second-order valence-electron chi connectivity index (χ2n) is 12.3. The molecule has 2 N–H and O–H groups in total. The molecule has 1 aromatic heterocycles. The van der Waals surface area contributed by atoms with E-state index >= 15 is 0 Å². The van der Waals surface area contributed by atoms with Crippen molar-refractivity contribution >= 4 is 23.4 Å². The number of likely N-dealkylation sites (tertiary alicyclic amines) is 1. The van der Waals surface area contributed by atoms with Crippen LogP contribution in [-0.4, -0.2) is 78.1 Å². The van der Waals surface area contributed by atoms with Crippen molar-refractivity contribution in [1.29, 1.82) is 0 Å². The van der Waals surface area contributed by atoms with Gasteiger partial charge < -0.3 is 25.0 Å². The van der Waals surface area contributed by atoms with E-state index in [1.54, 1.807) is 18.2 Å². The number of nitrogens with zero attached hydrogens (tertiary/aromatic N) is 3. The monoisotopic (exact) mass is 639 g/mol. The number of hydrogen-bond donors (Lipinski definition) is 2. The zero-order valence-electron chi connectivity index (χ0n) is 26.1. The lowest BCUT2D eigenvalue weighted by molar-refractivity contribution is -0.133. The van der Waals surface area contributed by atoms with E-state index in [2.05, 4.69) is 69.2 Å². The van der Waals surface area contributed by atoms with Gasteiger partial charge in [-0.15, -0.1) is 0 Å². The summed E-state index contributed by atoms with van der Waals surface area (Å²) >= 11 is 6.01. The molecule has 0 aliphatic carbocycles. The Labute approximate surface area is 276 Å². The predicted octanol–water partition coefficient (Wildman–Crippen LogP) is 5.99. The summed E-state index contributed by atoms with van der Waals surface area (Å²) in [5.41, 5.74) is 3.39. The number of aromatic nitrogens is 1. The molecule has 2 fully saturated rings. The second-order valence-corrected chi connectivity index (χ2v) is 12.8. The van der Waals surface area contributed by atoms with Gasteiger partial charge in [0.15, 0.2) is 11.5 Å². The number of halogens is 1. The molecule has 2 atom stereocenters. The summed E-state index contributed by atoms with van der Waals surface area (Å²) in [6, 6.07) is 29.3. The average Bonchev–Trinajstić information content (AvgIpc) is 3.55. The summed E-state index contributed by atoms with van der Waals surface area (Å²) in [7, 11) is 0. The maximum absolute atomic E-state index is 14.2. The summed E-state index contributed by atoms with van der Waals surface area (Å²) in [5.74, 6) is 0.384. The normalized spacial score (nSPS) is 19.3. The molecule has 3 aromatic carbocycles. The third-order valence-corrected chi connectivity index (χ3v) is 9.42. The highest BCUT2D eigenvalue weighted by Gasteiger charge is 2.33. The van der Waals surface area contributed by atoms with Crippen LogP contribution < -0.4 is 10.6 Å². The molecule has 2 saturated heterocycles.